The Balaban J connectivity index is 2.41. The highest BCUT2D eigenvalue weighted by atomic mass is 32.2. The summed E-state index contributed by atoms with van der Waals surface area (Å²) in [6.45, 7) is 6.95. The van der Waals surface area contributed by atoms with E-state index in [2.05, 4.69) is 10.0 Å². The lowest BCUT2D eigenvalue weighted by Gasteiger charge is -2.21. The molecule has 0 unspecified atom stereocenters. The standard InChI is InChI=1S/C18H21N3O5S/c1-12-9-10-13(11-16(12)21(23)24)27(25,26)20-15-8-6-5-7-14(15)17(22)19-18(2,3)4/h5-11,20H,1-4H3,(H,19,22). The Bertz CT molecular complexity index is 994. The molecule has 0 aliphatic heterocycles. The minimum atomic E-state index is -4.12. The molecule has 2 aromatic carbocycles. The maximum atomic E-state index is 12.7. The van der Waals surface area contributed by atoms with Crippen molar-refractivity contribution >= 4 is 27.3 Å². The zero-order valence-corrected chi connectivity index (χ0v) is 16.3. The predicted molar refractivity (Wildman–Crippen MR) is 102 cm³/mol. The number of nitro benzene ring substituents is 1. The van der Waals surface area contributed by atoms with Crippen LogP contribution in [0.2, 0.25) is 0 Å². The zero-order chi connectivity index (χ0) is 20.4. The van der Waals surface area contributed by atoms with Gasteiger partial charge in [0.25, 0.3) is 21.6 Å². The summed E-state index contributed by atoms with van der Waals surface area (Å²) < 4.78 is 27.7. The van der Waals surface area contributed by atoms with Crippen molar-refractivity contribution in [1.29, 1.82) is 0 Å². The number of amides is 1. The Hall–Kier alpha value is -2.94. The number of hydrogen-bond acceptors (Lipinski definition) is 5. The first kappa shape index (κ1) is 20.4. The number of sulfonamides is 1. The number of hydrogen-bond donors (Lipinski definition) is 2. The van der Waals surface area contributed by atoms with Gasteiger partial charge in [0.1, 0.15) is 0 Å². The number of nitrogens with zero attached hydrogens (tertiary/aromatic N) is 1. The lowest BCUT2D eigenvalue weighted by Crippen LogP contribution is -2.40. The molecule has 0 heterocycles. The summed E-state index contributed by atoms with van der Waals surface area (Å²) in [7, 11) is -4.12. The maximum absolute atomic E-state index is 12.7. The molecule has 1 amide bonds. The molecule has 0 aliphatic rings. The molecule has 0 saturated heterocycles. The van der Waals surface area contributed by atoms with Crippen LogP contribution in [0.1, 0.15) is 36.7 Å². The van der Waals surface area contributed by atoms with E-state index in [1.807, 2.05) is 20.8 Å². The molecule has 2 rings (SSSR count). The molecule has 144 valence electrons. The number of para-hydroxylation sites is 1. The minimum Gasteiger partial charge on any atom is -0.347 e. The number of anilines is 1. The zero-order valence-electron chi connectivity index (χ0n) is 15.4. The molecule has 0 bridgehead atoms. The normalized spacial score (nSPS) is 11.7. The molecule has 27 heavy (non-hydrogen) atoms. The van der Waals surface area contributed by atoms with Crippen LogP contribution < -0.4 is 10.0 Å². The Morgan fingerprint density at radius 3 is 2.33 bits per heavy atom. The first-order chi connectivity index (χ1) is 12.4. The predicted octanol–water partition coefficient (Wildman–Crippen LogP) is 3.23. The van der Waals surface area contributed by atoms with Gasteiger partial charge in [0.05, 0.1) is 21.1 Å². The van der Waals surface area contributed by atoms with Crippen LogP contribution in [0.15, 0.2) is 47.4 Å². The average molecular weight is 391 g/mol. The van der Waals surface area contributed by atoms with Crippen molar-refractivity contribution in [2.75, 3.05) is 4.72 Å². The molecule has 0 radical (unpaired) electrons. The van der Waals surface area contributed by atoms with Crippen LogP contribution in [0, 0.1) is 17.0 Å². The molecule has 0 aliphatic carbocycles. The highest BCUT2D eigenvalue weighted by Crippen LogP contribution is 2.25. The van der Waals surface area contributed by atoms with Gasteiger partial charge < -0.3 is 5.32 Å². The fourth-order valence-electron chi connectivity index (χ4n) is 2.33. The van der Waals surface area contributed by atoms with Crippen molar-refractivity contribution in [3.8, 4) is 0 Å². The first-order valence-electron chi connectivity index (χ1n) is 8.10. The van der Waals surface area contributed by atoms with Crippen molar-refractivity contribution in [3.63, 3.8) is 0 Å². The van der Waals surface area contributed by atoms with Gasteiger partial charge >= 0.3 is 0 Å². The molecule has 0 fully saturated rings. The number of aryl methyl sites for hydroxylation is 1. The molecular formula is C18H21N3O5S. The summed E-state index contributed by atoms with van der Waals surface area (Å²) >= 11 is 0. The second-order valence-corrected chi connectivity index (χ2v) is 8.74. The fourth-order valence-corrected chi connectivity index (χ4v) is 3.43. The van der Waals surface area contributed by atoms with E-state index in [4.69, 9.17) is 0 Å². The number of nitro groups is 1. The number of rotatable bonds is 5. The van der Waals surface area contributed by atoms with Crippen molar-refractivity contribution in [2.24, 2.45) is 0 Å². The van der Waals surface area contributed by atoms with Gasteiger partial charge in [0.2, 0.25) is 0 Å². The molecule has 2 N–H and O–H groups in total. The molecule has 8 nitrogen and oxygen atoms in total. The van der Waals surface area contributed by atoms with Crippen LogP contribution in [-0.4, -0.2) is 24.8 Å². The lowest BCUT2D eigenvalue weighted by molar-refractivity contribution is -0.385. The lowest BCUT2D eigenvalue weighted by atomic mass is 10.1. The number of carbonyl (C=O) groups is 1. The van der Waals surface area contributed by atoms with Gasteiger partial charge in [-0.1, -0.05) is 18.2 Å². The Morgan fingerprint density at radius 1 is 1.11 bits per heavy atom. The van der Waals surface area contributed by atoms with Crippen LogP contribution in [0.25, 0.3) is 0 Å². The smallest absolute Gasteiger partial charge is 0.273 e. The minimum absolute atomic E-state index is 0.0856. The van der Waals surface area contributed by atoms with E-state index < -0.39 is 26.4 Å². The third kappa shape index (κ3) is 5.04. The molecular weight excluding hydrogens is 370 g/mol. The monoisotopic (exact) mass is 391 g/mol. The average Bonchev–Trinajstić information content (AvgIpc) is 2.53. The number of carbonyl (C=O) groups excluding carboxylic acids is 1. The maximum Gasteiger partial charge on any atom is 0.273 e. The van der Waals surface area contributed by atoms with E-state index in [9.17, 15) is 23.3 Å². The number of nitrogens with one attached hydrogen (secondary N) is 2. The van der Waals surface area contributed by atoms with Gasteiger partial charge in [-0.25, -0.2) is 8.42 Å². The van der Waals surface area contributed by atoms with E-state index >= 15 is 0 Å². The van der Waals surface area contributed by atoms with Gasteiger partial charge in [-0.05, 0) is 45.9 Å². The molecule has 0 saturated carbocycles. The third-order valence-electron chi connectivity index (χ3n) is 3.59. The first-order valence-corrected chi connectivity index (χ1v) is 9.58. The Kier molecular flexibility index (Phi) is 5.55. The second-order valence-electron chi connectivity index (χ2n) is 7.06. The van der Waals surface area contributed by atoms with E-state index in [0.717, 1.165) is 6.07 Å². The van der Waals surface area contributed by atoms with Crippen LogP contribution in [0.4, 0.5) is 11.4 Å². The van der Waals surface area contributed by atoms with E-state index in [1.165, 1.54) is 31.2 Å². The summed E-state index contributed by atoms with van der Waals surface area (Å²) in [6.07, 6.45) is 0. The summed E-state index contributed by atoms with van der Waals surface area (Å²) in [4.78, 5) is 22.6. The third-order valence-corrected chi connectivity index (χ3v) is 4.96. The Morgan fingerprint density at radius 2 is 1.74 bits per heavy atom. The molecule has 9 heteroatoms. The topological polar surface area (TPSA) is 118 Å². The van der Waals surface area contributed by atoms with Gasteiger partial charge in [0, 0.05) is 17.2 Å². The highest BCUT2D eigenvalue weighted by Gasteiger charge is 2.23. The summed E-state index contributed by atoms with van der Waals surface area (Å²) in [5.41, 5.74) is -0.207. The van der Waals surface area contributed by atoms with Gasteiger partial charge in [-0.3, -0.25) is 19.6 Å². The highest BCUT2D eigenvalue weighted by molar-refractivity contribution is 7.92. The summed E-state index contributed by atoms with van der Waals surface area (Å²) in [6, 6.07) is 9.80. The van der Waals surface area contributed by atoms with Gasteiger partial charge in [0.15, 0.2) is 0 Å². The van der Waals surface area contributed by atoms with E-state index in [1.54, 1.807) is 12.1 Å². The van der Waals surface area contributed by atoms with Gasteiger partial charge in [-0.15, -0.1) is 0 Å². The molecule has 2 aromatic rings. The van der Waals surface area contributed by atoms with Crippen LogP contribution in [0.5, 0.6) is 0 Å². The summed E-state index contributed by atoms with van der Waals surface area (Å²) in [5.74, 6) is -0.435. The van der Waals surface area contributed by atoms with Crippen molar-refractivity contribution in [3.05, 3.63) is 63.7 Å². The molecule has 0 spiro atoms. The van der Waals surface area contributed by atoms with Crippen molar-refractivity contribution in [2.45, 2.75) is 38.1 Å². The van der Waals surface area contributed by atoms with Crippen LogP contribution in [-0.2, 0) is 10.0 Å². The van der Waals surface area contributed by atoms with Gasteiger partial charge in [-0.2, -0.15) is 0 Å². The molecule has 0 aromatic heterocycles. The van der Waals surface area contributed by atoms with E-state index in [0.29, 0.717) is 5.56 Å². The quantitative estimate of drug-likeness (QED) is 0.599. The van der Waals surface area contributed by atoms with E-state index in [-0.39, 0.29) is 21.8 Å². The van der Waals surface area contributed by atoms with Crippen LogP contribution in [0.3, 0.4) is 0 Å². The number of benzene rings is 2. The van der Waals surface area contributed by atoms with Crippen LogP contribution >= 0.6 is 0 Å². The summed E-state index contributed by atoms with van der Waals surface area (Å²) in [5, 5.41) is 13.8. The Labute approximate surface area is 157 Å². The fraction of sp³-hybridized carbons (Fsp3) is 0.278. The molecule has 0 atom stereocenters. The second kappa shape index (κ2) is 7.36. The SMILES string of the molecule is Cc1ccc(S(=O)(=O)Nc2ccccc2C(=O)NC(C)(C)C)cc1[N+](=O)[O-]. The van der Waals surface area contributed by atoms with Crippen molar-refractivity contribution < 1.29 is 18.1 Å². The largest absolute Gasteiger partial charge is 0.347 e. The van der Waals surface area contributed by atoms with Crippen molar-refractivity contribution in [1.82, 2.24) is 5.32 Å².